The van der Waals surface area contributed by atoms with E-state index in [4.69, 9.17) is 4.74 Å². The molecule has 0 atom stereocenters. The predicted molar refractivity (Wildman–Crippen MR) is 139 cm³/mol. The molecule has 0 radical (unpaired) electrons. The first kappa shape index (κ1) is 25.1. The van der Waals surface area contributed by atoms with Crippen molar-refractivity contribution in [3.8, 4) is 0 Å². The second kappa shape index (κ2) is 8.79. The smallest absolute Gasteiger partial charge is 0.337 e. The molecular formula is C31H32FNO4. The monoisotopic (exact) mass is 501 g/mol. The summed E-state index contributed by atoms with van der Waals surface area (Å²) >= 11 is 0. The Morgan fingerprint density at radius 1 is 0.811 bits per heavy atom. The number of halogens is 1. The largest absolute Gasteiger partial charge is 0.465 e. The van der Waals surface area contributed by atoms with Crippen molar-refractivity contribution in [2.24, 2.45) is 10.8 Å². The molecule has 6 heteroatoms. The highest BCUT2D eigenvalue weighted by Crippen LogP contribution is 2.55. The van der Waals surface area contributed by atoms with Crippen molar-refractivity contribution >= 4 is 23.2 Å². The Morgan fingerprint density at radius 2 is 1.30 bits per heavy atom. The highest BCUT2D eigenvalue weighted by atomic mass is 19.1. The zero-order chi connectivity index (χ0) is 26.7. The molecule has 5 rings (SSSR count). The van der Waals surface area contributed by atoms with E-state index in [1.54, 1.807) is 24.3 Å². The van der Waals surface area contributed by atoms with Gasteiger partial charge in [0.1, 0.15) is 5.82 Å². The van der Waals surface area contributed by atoms with Gasteiger partial charge in [-0.1, -0.05) is 39.8 Å². The Kier molecular flexibility index (Phi) is 5.97. The van der Waals surface area contributed by atoms with Gasteiger partial charge in [0.25, 0.3) is 0 Å². The number of carbonyl (C=O) groups is 3. The molecule has 2 aliphatic carbocycles. The van der Waals surface area contributed by atoms with E-state index in [-0.39, 0.29) is 28.2 Å². The maximum atomic E-state index is 13.9. The van der Waals surface area contributed by atoms with Gasteiger partial charge in [-0.25, -0.2) is 9.18 Å². The van der Waals surface area contributed by atoms with Crippen molar-refractivity contribution in [3.63, 3.8) is 0 Å². The molecule has 0 bridgehead atoms. The topological polar surface area (TPSA) is 63.7 Å². The Balaban J connectivity index is 1.78. The van der Waals surface area contributed by atoms with Crippen LogP contribution in [-0.4, -0.2) is 24.6 Å². The Labute approximate surface area is 217 Å². The molecule has 1 aliphatic heterocycles. The van der Waals surface area contributed by atoms with E-state index in [9.17, 15) is 18.8 Å². The number of ether oxygens (including phenoxy) is 1. The van der Waals surface area contributed by atoms with Crippen molar-refractivity contribution < 1.29 is 23.5 Å². The molecular weight excluding hydrogens is 469 g/mol. The minimum absolute atomic E-state index is 0.0181. The van der Waals surface area contributed by atoms with E-state index in [1.165, 1.54) is 19.2 Å². The quantitative estimate of drug-likeness (QED) is 0.449. The molecule has 2 aromatic carbocycles. The standard InChI is InChI=1S/C31H32FNO4/c1-30(2)14-22-27(24(34)16-30)26(18-6-8-19(9-7-18)29(36)37-5)28-23(15-31(3,4)17-25(28)35)33(22)21-12-10-20(32)11-13-21/h6-13,26H,14-17H2,1-5H3. The van der Waals surface area contributed by atoms with Crippen LogP contribution in [0.2, 0.25) is 0 Å². The van der Waals surface area contributed by atoms with Crippen LogP contribution in [0.4, 0.5) is 10.1 Å². The summed E-state index contributed by atoms with van der Waals surface area (Å²) < 4.78 is 18.8. The summed E-state index contributed by atoms with van der Waals surface area (Å²) in [5.41, 5.74) is 4.43. The van der Waals surface area contributed by atoms with Crippen LogP contribution in [-0.2, 0) is 14.3 Å². The van der Waals surface area contributed by atoms with Crippen LogP contribution in [0.25, 0.3) is 0 Å². The lowest BCUT2D eigenvalue weighted by molar-refractivity contribution is -0.119. The van der Waals surface area contributed by atoms with Crippen molar-refractivity contribution in [1.29, 1.82) is 0 Å². The highest BCUT2D eigenvalue weighted by Gasteiger charge is 2.49. The van der Waals surface area contributed by atoms with Gasteiger partial charge in [0.05, 0.1) is 12.7 Å². The SMILES string of the molecule is COC(=O)c1ccc(C2C3=C(CC(C)(C)CC3=O)N(c3ccc(F)cc3)C3=C2C(=O)CC(C)(C)C3)cc1. The summed E-state index contributed by atoms with van der Waals surface area (Å²) in [6.07, 6.45) is 2.05. The zero-order valence-corrected chi connectivity index (χ0v) is 22.0. The van der Waals surface area contributed by atoms with Gasteiger partial charge in [0, 0.05) is 47.0 Å². The Morgan fingerprint density at radius 3 is 1.76 bits per heavy atom. The zero-order valence-electron chi connectivity index (χ0n) is 22.0. The van der Waals surface area contributed by atoms with E-state index < -0.39 is 11.9 Å². The van der Waals surface area contributed by atoms with Crippen LogP contribution in [0.3, 0.4) is 0 Å². The van der Waals surface area contributed by atoms with Crippen molar-refractivity contribution in [1.82, 2.24) is 0 Å². The van der Waals surface area contributed by atoms with Gasteiger partial charge in [0.2, 0.25) is 0 Å². The van der Waals surface area contributed by atoms with E-state index in [0.29, 0.717) is 42.4 Å². The van der Waals surface area contributed by atoms with Gasteiger partial charge in [-0.05, 0) is 65.6 Å². The first-order valence-corrected chi connectivity index (χ1v) is 12.7. The molecule has 2 aromatic rings. The minimum Gasteiger partial charge on any atom is -0.465 e. The van der Waals surface area contributed by atoms with Gasteiger partial charge in [-0.2, -0.15) is 0 Å². The number of benzene rings is 2. The number of allylic oxidation sites excluding steroid dienone is 4. The maximum absolute atomic E-state index is 13.9. The average Bonchev–Trinajstić information content (AvgIpc) is 2.82. The fourth-order valence-corrected chi connectivity index (χ4v) is 6.13. The lowest BCUT2D eigenvalue weighted by Gasteiger charge is -2.49. The third-order valence-corrected chi connectivity index (χ3v) is 7.66. The molecule has 0 fully saturated rings. The molecule has 5 nitrogen and oxygen atoms in total. The normalized spacial score (nSPS) is 21.1. The van der Waals surface area contributed by atoms with Crippen LogP contribution in [0.15, 0.2) is 71.1 Å². The number of hydrogen-bond acceptors (Lipinski definition) is 5. The molecule has 0 spiro atoms. The third-order valence-electron chi connectivity index (χ3n) is 7.66. The fraction of sp³-hybridized carbons (Fsp3) is 0.387. The average molecular weight is 502 g/mol. The Bertz CT molecular complexity index is 1310. The van der Waals surface area contributed by atoms with E-state index in [1.807, 2.05) is 12.1 Å². The molecule has 3 aliphatic rings. The maximum Gasteiger partial charge on any atom is 0.337 e. The first-order valence-electron chi connectivity index (χ1n) is 12.7. The third kappa shape index (κ3) is 4.43. The van der Waals surface area contributed by atoms with E-state index >= 15 is 0 Å². The van der Waals surface area contributed by atoms with Crippen molar-refractivity contribution in [3.05, 3.63) is 88.0 Å². The molecule has 0 saturated heterocycles. The number of anilines is 1. The number of esters is 1. The number of hydrogen-bond donors (Lipinski definition) is 0. The molecule has 192 valence electrons. The van der Waals surface area contributed by atoms with Gasteiger partial charge in [-0.15, -0.1) is 0 Å². The number of nitrogens with zero attached hydrogens (tertiary/aromatic N) is 1. The summed E-state index contributed by atoms with van der Waals surface area (Å²) in [5, 5.41) is 0. The number of carbonyl (C=O) groups excluding carboxylic acids is 3. The fourth-order valence-electron chi connectivity index (χ4n) is 6.13. The summed E-state index contributed by atoms with van der Waals surface area (Å²) in [5.74, 6) is -1.26. The van der Waals surface area contributed by atoms with E-state index in [2.05, 4.69) is 32.6 Å². The molecule has 0 aromatic heterocycles. The van der Waals surface area contributed by atoms with Gasteiger partial charge >= 0.3 is 5.97 Å². The van der Waals surface area contributed by atoms with Crippen LogP contribution in [0.5, 0.6) is 0 Å². The van der Waals surface area contributed by atoms with Crippen LogP contribution in [0, 0.1) is 16.6 Å². The lowest BCUT2D eigenvalue weighted by Crippen LogP contribution is -2.44. The number of methoxy groups -OCH3 is 1. The van der Waals surface area contributed by atoms with Gasteiger partial charge < -0.3 is 9.64 Å². The second-order valence-electron chi connectivity index (χ2n) is 12.0. The molecule has 0 saturated carbocycles. The number of rotatable bonds is 3. The first-order chi connectivity index (χ1) is 17.4. The summed E-state index contributed by atoms with van der Waals surface area (Å²) in [4.78, 5) is 41.8. The molecule has 0 amide bonds. The Hall–Kier alpha value is -3.54. The molecule has 0 unspecified atom stereocenters. The van der Waals surface area contributed by atoms with Crippen molar-refractivity contribution in [2.75, 3.05) is 12.0 Å². The van der Waals surface area contributed by atoms with Gasteiger partial charge in [0.15, 0.2) is 11.6 Å². The second-order valence-corrected chi connectivity index (χ2v) is 12.0. The van der Waals surface area contributed by atoms with Gasteiger partial charge in [-0.3, -0.25) is 9.59 Å². The van der Waals surface area contributed by atoms with E-state index in [0.717, 1.165) is 22.6 Å². The highest BCUT2D eigenvalue weighted by molar-refractivity contribution is 6.08. The predicted octanol–water partition coefficient (Wildman–Crippen LogP) is 6.50. The molecule has 0 N–H and O–H groups in total. The lowest BCUT2D eigenvalue weighted by atomic mass is 9.63. The van der Waals surface area contributed by atoms with Crippen LogP contribution in [0.1, 0.15) is 75.2 Å². The summed E-state index contributed by atoms with van der Waals surface area (Å²) in [7, 11) is 1.33. The number of Topliss-reactive ketones (excluding diaryl/α,β-unsaturated/α-hetero) is 2. The van der Waals surface area contributed by atoms with Crippen molar-refractivity contribution in [2.45, 2.75) is 59.3 Å². The van der Waals surface area contributed by atoms with Crippen LogP contribution >= 0.6 is 0 Å². The number of ketones is 2. The van der Waals surface area contributed by atoms with Crippen LogP contribution < -0.4 is 4.90 Å². The summed E-state index contributed by atoms with van der Waals surface area (Å²) in [6.45, 7) is 8.32. The molecule has 37 heavy (non-hydrogen) atoms. The summed E-state index contributed by atoms with van der Waals surface area (Å²) in [6, 6.07) is 13.3. The molecule has 1 heterocycles. The minimum atomic E-state index is -0.513.